The van der Waals surface area contributed by atoms with Crippen LogP contribution in [0.3, 0.4) is 0 Å². The zero-order valence-electron chi connectivity index (χ0n) is 10.6. The first-order chi connectivity index (χ1) is 9.03. The lowest BCUT2D eigenvalue weighted by molar-refractivity contribution is 0.281. The quantitative estimate of drug-likeness (QED) is 0.830. The summed E-state index contributed by atoms with van der Waals surface area (Å²) in [6, 6.07) is 4.83. The van der Waals surface area contributed by atoms with Gasteiger partial charge in [0.25, 0.3) is 0 Å². The average molecular weight is 348 g/mol. The van der Waals surface area contributed by atoms with Gasteiger partial charge in [0, 0.05) is 11.0 Å². The molecular weight excluding hydrogens is 330 g/mol. The summed E-state index contributed by atoms with van der Waals surface area (Å²) in [5.41, 5.74) is 0.586. The molecule has 0 atom stereocenters. The lowest BCUT2D eigenvalue weighted by Crippen LogP contribution is -2.28. The Labute approximate surface area is 122 Å². The smallest absolute Gasteiger partial charge is 0.241 e. The molecule has 1 saturated carbocycles. The fourth-order valence-electron chi connectivity index (χ4n) is 2.11. The number of sulfonamides is 1. The normalized spacial score (nSPS) is 16.3. The van der Waals surface area contributed by atoms with Gasteiger partial charge in [-0.25, -0.2) is 13.1 Å². The van der Waals surface area contributed by atoms with Crippen molar-refractivity contribution in [3.05, 3.63) is 28.2 Å². The van der Waals surface area contributed by atoms with E-state index in [1.54, 1.807) is 12.1 Å². The van der Waals surface area contributed by atoms with Crippen molar-refractivity contribution in [3.63, 3.8) is 0 Å². The van der Waals surface area contributed by atoms with Gasteiger partial charge in [0.1, 0.15) is 0 Å². The van der Waals surface area contributed by atoms with Crippen molar-refractivity contribution in [3.8, 4) is 0 Å². The van der Waals surface area contributed by atoms with Crippen molar-refractivity contribution in [2.24, 2.45) is 5.92 Å². The third-order valence-electron chi connectivity index (χ3n) is 3.54. The number of aliphatic hydroxyl groups is 1. The van der Waals surface area contributed by atoms with Gasteiger partial charge < -0.3 is 5.11 Å². The van der Waals surface area contributed by atoms with Crippen LogP contribution in [-0.2, 0) is 16.6 Å². The molecule has 1 aromatic carbocycles. The van der Waals surface area contributed by atoms with E-state index in [1.807, 2.05) is 0 Å². The Morgan fingerprint density at radius 2 is 2.11 bits per heavy atom. The number of hydrogen-bond donors (Lipinski definition) is 2. The van der Waals surface area contributed by atoms with Crippen LogP contribution in [0.25, 0.3) is 0 Å². The average Bonchev–Trinajstić information content (AvgIpc) is 2.33. The number of halogens is 1. The summed E-state index contributed by atoms with van der Waals surface area (Å²) >= 11 is 3.24. The largest absolute Gasteiger partial charge is 0.392 e. The molecule has 0 saturated heterocycles. The highest BCUT2D eigenvalue weighted by Crippen LogP contribution is 2.29. The topological polar surface area (TPSA) is 66.4 Å². The van der Waals surface area contributed by atoms with Gasteiger partial charge in [-0.15, -0.1) is 0 Å². The first kappa shape index (κ1) is 15.0. The Balaban J connectivity index is 2.05. The van der Waals surface area contributed by atoms with Crippen molar-refractivity contribution >= 4 is 26.0 Å². The van der Waals surface area contributed by atoms with E-state index < -0.39 is 10.0 Å². The van der Waals surface area contributed by atoms with Gasteiger partial charge in [0.05, 0.1) is 11.5 Å². The second-order valence-corrected chi connectivity index (χ2v) is 7.50. The number of aliphatic hydroxyl groups excluding tert-OH is 1. The number of benzene rings is 1. The molecule has 0 radical (unpaired) electrons. The summed E-state index contributed by atoms with van der Waals surface area (Å²) in [7, 11) is -3.51. The number of nitrogens with one attached hydrogen (secondary N) is 1. The van der Waals surface area contributed by atoms with Crippen molar-refractivity contribution in [1.29, 1.82) is 0 Å². The highest BCUT2D eigenvalue weighted by atomic mass is 79.9. The van der Waals surface area contributed by atoms with Crippen LogP contribution in [0, 0.1) is 5.92 Å². The number of hydrogen-bond acceptors (Lipinski definition) is 3. The van der Waals surface area contributed by atoms with Crippen LogP contribution in [0.2, 0.25) is 0 Å². The lowest BCUT2D eigenvalue weighted by Gasteiger charge is -2.25. The van der Waals surface area contributed by atoms with Gasteiger partial charge in [-0.3, -0.25) is 0 Å². The van der Waals surface area contributed by atoms with Gasteiger partial charge in [0.2, 0.25) is 10.0 Å². The molecule has 4 nitrogen and oxygen atoms in total. The third kappa shape index (κ3) is 3.78. The minimum atomic E-state index is -3.51. The second kappa shape index (κ2) is 6.35. The first-order valence-electron chi connectivity index (χ1n) is 6.42. The van der Waals surface area contributed by atoms with Crippen molar-refractivity contribution in [2.45, 2.75) is 37.2 Å². The molecule has 0 aliphatic heterocycles. The van der Waals surface area contributed by atoms with E-state index in [1.165, 1.54) is 25.3 Å². The molecule has 0 unspecified atom stereocenters. The fourth-order valence-corrected chi connectivity index (χ4v) is 4.17. The van der Waals surface area contributed by atoms with Crippen LogP contribution in [0.5, 0.6) is 0 Å². The van der Waals surface area contributed by atoms with Gasteiger partial charge in [-0.1, -0.05) is 25.3 Å². The molecule has 0 spiro atoms. The fraction of sp³-hybridized carbons (Fsp3) is 0.538. The number of rotatable bonds is 6. The molecule has 0 bridgehead atoms. The van der Waals surface area contributed by atoms with Crippen LogP contribution >= 0.6 is 15.9 Å². The Kier molecular flexibility index (Phi) is 5.00. The summed E-state index contributed by atoms with van der Waals surface area (Å²) in [6.45, 7) is 0.306. The van der Waals surface area contributed by atoms with Crippen molar-refractivity contribution in [1.82, 2.24) is 4.72 Å². The van der Waals surface area contributed by atoms with E-state index >= 15 is 0 Å². The Morgan fingerprint density at radius 3 is 2.68 bits per heavy atom. The maximum absolute atomic E-state index is 12.2. The zero-order chi connectivity index (χ0) is 13.9. The molecule has 0 amide bonds. The van der Waals surface area contributed by atoms with Gasteiger partial charge in [-0.05, 0) is 46.0 Å². The standard InChI is InChI=1S/C13H18BrNO3S/c14-12-5-4-11(9-16)8-13(12)19(17,18)15-7-6-10-2-1-3-10/h4-5,8,10,15-16H,1-3,6-7,9H2. The maximum Gasteiger partial charge on any atom is 0.241 e. The molecule has 1 aromatic rings. The molecule has 106 valence electrons. The molecule has 1 aliphatic carbocycles. The van der Waals surface area contributed by atoms with Crippen LogP contribution in [0.15, 0.2) is 27.6 Å². The van der Waals surface area contributed by atoms with Gasteiger partial charge in [0.15, 0.2) is 0 Å². The monoisotopic (exact) mass is 347 g/mol. The van der Waals surface area contributed by atoms with Crippen molar-refractivity contribution in [2.75, 3.05) is 6.54 Å². The van der Waals surface area contributed by atoms with E-state index in [9.17, 15) is 8.42 Å². The summed E-state index contributed by atoms with van der Waals surface area (Å²) in [6.07, 6.45) is 4.59. The van der Waals surface area contributed by atoms with E-state index in [-0.39, 0.29) is 11.5 Å². The van der Waals surface area contributed by atoms with Gasteiger partial charge in [-0.2, -0.15) is 0 Å². The van der Waals surface area contributed by atoms with Crippen LogP contribution in [0.1, 0.15) is 31.2 Å². The summed E-state index contributed by atoms with van der Waals surface area (Å²) < 4.78 is 27.5. The Bertz CT molecular complexity index is 541. The minimum absolute atomic E-state index is 0.169. The van der Waals surface area contributed by atoms with Crippen LogP contribution < -0.4 is 4.72 Å². The lowest BCUT2D eigenvalue weighted by atomic mass is 9.83. The van der Waals surface area contributed by atoms with Crippen LogP contribution in [-0.4, -0.2) is 20.1 Å². The molecule has 1 fully saturated rings. The highest BCUT2D eigenvalue weighted by Gasteiger charge is 2.20. The van der Waals surface area contributed by atoms with Crippen molar-refractivity contribution < 1.29 is 13.5 Å². The third-order valence-corrected chi connectivity index (χ3v) is 5.99. The highest BCUT2D eigenvalue weighted by molar-refractivity contribution is 9.10. The van der Waals surface area contributed by atoms with Gasteiger partial charge >= 0.3 is 0 Å². The SMILES string of the molecule is O=S(=O)(NCCC1CCC1)c1cc(CO)ccc1Br. The van der Waals surface area contributed by atoms with E-state index in [0.29, 0.717) is 22.5 Å². The molecule has 0 heterocycles. The Hall–Kier alpha value is -0.430. The summed E-state index contributed by atoms with van der Waals surface area (Å²) in [5, 5.41) is 9.08. The zero-order valence-corrected chi connectivity index (χ0v) is 13.0. The predicted molar refractivity (Wildman–Crippen MR) is 77.2 cm³/mol. The van der Waals surface area contributed by atoms with E-state index in [0.717, 1.165) is 6.42 Å². The molecule has 6 heteroatoms. The molecule has 19 heavy (non-hydrogen) atoms. The summed E-state index contributed by atoms with van der Waals surface area (Å²) in [5.74, 6) is 0.676. The van der Waals surface area contributed by atoms with E-state index in [4.69, 9.17) is 5.11 Å². The molecule has 0 aromatic heterocycles. The second-order valence-electron chi connectivity index (χ2n) is 4.91. The van der Waals surface area contributed by atoms with Crippen LogP contribution in [0.4, 0.5) is 0 Å². The maximum atomic E-state index is 12.2. The summed E-state index contributed by atoms with van der Waals surface area (Å²) in [4.78, 5) is 0.188. The molecule has 2 N–H and O–H groups in total. The minimum Gasteiger partial charge on any atom is -0.392 e. The molecule has 2 rings (SSSR count). The van der Waals surface area contributed by atoms with E-state index in [2.05, 4.69) is 20.7 Å². The predicted octanol–water partition coefficient (Wildman–Crippen LogP) is 2.41. The molecule has 1 aliphatic rings. The first-order valence-corrected chi connectivity index (χ1v) is 8.69. The molecular formula is C13H18BrNO3S. The Morgan fingerprint density at radius 1 is 1.37 bits per heavy atom.